The van der Waals surface area contributed by atoms with Crippen molar-refractivity contribution in [3.63, 3.8) is 0 Å². The minimum Gasteiger partial charge on any atom is -0.748 e. The fraction of sp³-hybridized carbons (Fsp3) is 1.00. The second kappa shape index (κ2) is 19.8. The molecule has 26 heavy (non-hydrogen) atoms. The van der Waals surface area contributed by atoms with Crippen LogP contribution in [0.2, 0.25) is 0 Å². The first kappa shape index (κ1) is 29.7. The predicted molar refractivity (Wildman–Crippen MR) is 105 cm³/mol. The maximum Gasteiger partial charge on any atom is 1.00 e. The monoisotopic (exact) mass is 416 g/mol. The summed E-state index contributed by atoms with van der Waals surface area (Å²) in [6.45, 7) is 4.30. The van der Waals surface area contributed by atoms with Gasteiger partial charge in [-0.2, -0.15) is 0 Å². The molecule has 0 aromatic heterocycles. The number of unbranched alkanes of at least 4 members (excludes halogenated alkanes) is 9. The van der Waals surface area contributed by atoms with Crippen LogP contribution in [0.5, 0.6) is 0 Å². The summed E-state index contributed by atoms with van der Waals surface area (Å²) in [5.74, 6) is 0. The van der Waals surface area contributed by atoms with E-state index < -0.39 is 15.4 Å². The van der Waals surface area contributed by atoms with Crippen LogP contribution in [0.15, 0.2) is 0 Å². The van der Waals surface area contributed by atoms with Gasteiger partial charge in [0, 0.05) is 5.25 Å². The predicted octanol–water partition coefficient (Wildman–Crippen LogP) is 2.55. The number of hydrogen-bond donors (Lipinski definition) is 1. The molecule has 152 valence electrons. The average molecular weight is 417 g/mol. The maximum atomic E-state index is 11.4. The zero-order valence-electron chi connectivity index (χ0n) is 17.5. The molecule has 0 saturated heterocycles. The van der Waals surface area contributed by atoms with E-state index in [-0.39, 0.29) is 57.5 Å². The van der Waals surface area contributed by atoms with Gasteiger partial charge in [0.25, 0.3) is 0 Å². The first-order valence-electron chi connectivity index (χ1n) is 10.5. The quantitative estimate of drug-likeness (QED) is 0.212. The van der Waals surface area contributed by atoms with Crippen LogP contribution >= 0.6 is 0 Å². The molecule has 4 nitrogen and oxygen atoms in total. The summed E-state index contributed by atoms with van der Waals surface area (Å²) in [5.41, 5.74) is 0. The first-order chi connectivity index (χ1) is 11.9. The Balaban J connectivity index is 0. The van der Waals surface area contributed by atoms with Crippen molar-refractivity contribution in [1.82, 2.24) is 0 Å². The van der Waals surface area contributed by atoms with Gasteiger partial charge in [-0.15, -0.1) is 0 Å². The third-order valence-electron chi connectivity index (χ3n) is 4.99. The van der Waals surface area contributed by atoms with Gasteiger partial charge >= 0.3 is 51.4 Å². The molecule has 1 N–H and O–H groups in total. The molecule has 0 aliphatic heterocycles. The van der Waals surface area contributed by atoms with Gasteiger partial charge in [-0.1, -0.05) is 90.9 Å². The molecule has 0 amide bonds. The Kier molecular flexibility index (Phi) is 22.6. The van der Waals surface area contributed by atoms with Gasteiger partial charge in [0.1, 0.15) is 0 Å². The Morgan fingerprint density at radius 1 is 0.692 bits per heavy atom. The van der Waals surface area contributed by atoms with Gasteiger partial charge in [0.15, 0.2) is 0 Å². The van der Waals surface area contributed by atoms with Crippen LogP contribution < -0.4 is 51.4 Å². The average Bonchev–Trinajstić information content (AvgIpc) is 2.55. The number of aliphatic hydroxyl groups is 1. The van der Waals surface area contributed by atoms with Crippen molar-refractivity contribution in [3.8, 4) is 0 Å². The largest absolute Gasteiger partial charge is 1.00 e. The van der Waals surface area contributed by atoms with E-state index in [1.54, 1.807) is 0 Å². The second-order valence-electron chi connectivity index (χ2n) is 7.46. The van der Waals surface area contributed by atoms with Gasteiger partial charge in [-0.05, 0) is 25.7 Å². The van der Waals surface area contributed by atoms with Crippen molar-refractivity contribution in [2.75, 3.05) is 0 Å². The van der Waals surface area contributed by atoms with Gasteiger partial charge in [0.2, 0.25) is 0 Å². The number of aliphatic hydroxyl groups excluding tert-OH is 1. The molecule has 2 atom stereocenters. The summed E-state index contributed by atoms with van der Waals surface area (Å²) >= 11 is 0. The van der Waals surface area contributed by atoms with Crippen molar-refractivity contribution >= 4 is 10.1 Å². The second-order valence-corrected chi connectivity index (χ2v) is 9.11. The Morgan fingerprint density at radius 2 is 1.08 bits per heavy atom. The molecule has 0 fully saturated rings. The molecule has 0 aliphatic carbocycles. The molecule has 0 radical (unpaired) electrons. The van der Waals surface area contributed by atoms with Crippen LogP contribution in [-0.4, -0.2) is 29.4 Å². The third kappa shape index (κ3) is 18.9. The number of rotatable bonds is 18. The maximum absolute atomic E-state index is 11.4. The molecule has 0 spiro atoms. The van der Waals surface area contributed by atoms with E-state index in [1.807, 2.05) is 0 Å². The summed E-state index contributed by atoms with van der Waals surface area (Å²) in [6.07, 6.45) is 15.1. The summed E-state index contributed by atoms with van der Waals surface area (Å²) in [4.78, 5) is 0. The van der Waals surface area contributed by atoms with E-state index in [2.05, 4.69) is 13.8 Å². The van der Waals surface area contributed by atoms with Crippen LogP contribution in [0.25, 0.3) is 0 Å². The molecular formula is C20H41KO4S. The topological polar surface area (TPSA) is 77.4 Å². The zero-order chi connectivity index (χ0) is 19.0. The summed E-state index contributed by atoms with van der Waals surface area (Å²) in [6, 6.07) is 0. The Hall–Kier alpha value is 1.51. The van der Waals surface area contributed by atoms with E-state index in [0.29, 0.717) is 12.8 Å². The van der Waals surface area contributed by atoms with Crippen molar-refractivity contribution in [2.24, 2.45) is 0 Å². The Bertz CT molecular complexity index is 387. The first-order valence-corrected chi connectivity index (χ1v) is 12.0. The molecule has 0 saturated carbocycles. The van der Waals surface area contributed by atoms with Gasteiger partial charge in [0.05, 0.1) is 16.2 Å². The SMILES string of the molecule is CCCCCCCCCC(CCCCCC(O)CCCC)S(=O)(=O)[O-].[K+]. The summed E-state index contributed by atoms with van der Waals surface area (Å²) in [5, 5.41) is 9.08. The van der Waals surface area contributed by atoms with Gasteiger partial charge in [-0.3, -0.25) is 0 Å². The van der Waals surface area contributed by atoms with E-state index in [1.165, 1.54) is 25.7 Å². The van der Waals surface area contributed by atoms with Crippen molar-refractivity contribution < 1.29 is 69.5 Å². The Labute approximate surface area is 205 Å². The van der Waals surface area contributed by atoms with E-state index in [4.69, 9.17) is 0 Å². The fourth-order valence-corrected chi connectivity index (χ4v) is 4.19. The summed E-state index contributed by atoms with van der Waals surface area (Å²) in [7, 11) is -4.18. The molecule has 0 bridgehead atoms. The van der Waals surface area contributed by atoms with Crippen molar-refractivity contribution in [2.45, 2.75) is 128 Å². The summed E-state index contributed by atoms with van der Waals surface area (Å²) < 4.78 is 34.3. The standard InChI is InChI=1S/C20H42O4S.K/c1-3-5-7-8-9-10-13-17-20(25(22,23)24)18-14-11-12-16-19(21)15-6-4-2;/h19-21H,3-18H2,1-2H3,(H,22,23,24);/q;+1/p-1. The van der Waals surface area contributed by atoms with Crippen LogP contribution in [0.3, 0.4) is 0 Å². The fourth-order valence-electron chi connectivity index (χ4n) is 3.27. The third-order valence-corrected chi connectivity index (χ3v) is 6.28. The normalized spacial score (nSPS) is 14.0. The molecular weight excluding hydrogens is 375 g/mol. The zero-order valence-corrected chi connectivity index (χ0v) is 21.5. The molecule has 0 aliphatic rings. The molecule has 0 aromatic rings. The van der Waals surface area contributed by atoms with Crippen LogP contribution in [0, 0.1) is 0 Å². The van der Waals surface area contributed by atoms with E-state index in [0.717, 1.165) is 64.2 Å². The molecule has 0 heterocycles. The van der Waals surface area contributed by atoms with Crippen molar-refractivity contribution in [3.05, 3.63) is 0 Å². The van der Waals surface area contributed by atoms with E-state index in [9.17, 15) is 18.1 Å². The number of hydrogen-bond acceptors (Lipinski definition) is 4. The Morgan fingerprint density at radius 3 is 1.58 bits per heavy atom. The van der Waals surface area contributed by atoms with Gasteiger partial charge in [-0.25, -0.2) is 8.42 Å². The molecule has 0 aromatic carbocycles. The molecule has 2 unspecified atom stereocenters. The molecule has 6 heteroatoms. The van der Waals surface area contributed by atoms with E-state index >= 15 is 0 Å². The van der Waals surface area contributed by atoms with Crippen LogP contribution in [0.1, 0.15) is 117 Å². The van der Waals surface area contributed by atoms with Crippen LogP contribution in [-0.2, 0) is 10.1 Å². The minimum absolute atomic E-state index is 0. The molecule has 0 rings (SSSR count). The minimum atomic E-state index is -4.18. The smallest absolute Gasteiger partial charge is 0.748 e. The van der Waals surface area contributed by atoms with Gasteiger partial charge < -0.3 is 9.66 Å². The van der Waals surface area contributed by atoms with Crippen LogP contribution in [0.4, 0.5) is 0 Å². The van der Waals surface area contributed by atoms with Crippen molar-refractivity contribution in [1.29, 1.82) is 0 Å².